The summed E-state index contributed by atoms with van der Waals surface area (Å²) in [6.07, 6.45) is 1.61. The number of pyridine rings is 1. The number of nitrogens with zero attached hydrogens (tertiary/aromatic N) is 2. The Morgan fingerprint density at radius 1 is 1.64 bits per heavy atom. The number of carbonyl (C=O) groups excluding carboxylic acids is 1. The van der Waals surface area contributed by atoms with Gasteiger partial charge < -0.3 is 16.4 Å². The normalized spacial score (nSPS) is 9.79. The van der Waals surface area contributed by atoms with Gasteiger partial charge in [-0.2, -0.15) is 0 Å². The van der Waals surface area contributed by atoms with Crippen molar-refractivity contribution in [1.82, 2.24) is 4.98 Å². The molecule has 0 saturated heterocycles. The first-order valence-corrected chi connectivity index (χ1v) is 4.39. The summed E-state index contributed by atoms with van der Waals surface area (Å²) in [4.78, 5) is 16.5. The number of anilines is 2. The lowest BCUT2D eigenvalue weighted by Gasteiger charge is -2.21. The van der Waals surface area contributed by atoms with Crippen molar-refractivity contribution in [2.24, 2.45) is 5.73 Å². The fourth-order valence-electron chi connectivity index (χ4n) is 1.23. The van der Waals surface area contributed by atoms with E-state index in [0.29, 0.717) is 12.4 Å². The van der Waals surface area contributed by atoms with E-state index in [-0.39, 0.29) is 12.5 Å². The largest absolute Gasteiger partial charge is 0.382 e. The van der Waals surface area contributed by atoms with E-state index in [9.17, 15) is 4.79 Å². The fraction of sp³-hybridized carbons (Fsp3) is 0.333. The van der Waals surface area contributed by atoms with Crippen molar-refractivity contribution < 1.29 is 4.79 Å². The monoisotopic (exact) mass is 194 g/mol. The van der Waals surface area contributed by atoms with Crippen LogP contribution in [0.5, 0.6) is 0 Å². The summed E-state index contributed by atoms with van der Waals surface area (Å²) >= 11 is 0. The highest BCUT2D eigenvalue weighted by Gasteiger charge is 2.10. The van der Waals surface area contributed by atoms with E-state index >= 15 is 0 Å². The van der Waals surface area contributed by atoms with Crippen LogP contribution >= 0.6 is 0 Å². The zero-order chi connectivity index (χ0) is 10.6. The van der Waals surface area contributed by atoms with Crippen molar-refractivity contribution in [1.29, 1.82) is 0 Å². The van der Waals surface area contributed by atoms with Gasteiger partial charge in [0, 0.05) is 12.7 Å². The number of nitrogen functional groups attached to an aromatic ring is 1. The molecule has 0 spiro atoms. The molecule has 5 heteroatoms. The van der Waals surface area contributed by atoms with Crippen LogP contribution in [0.15, 0.2) is 18.3 Å². The third-order valence-corrected chi connectivity index (χ3v) is 1.89. The number of primary amides is 1. The molecule has 0 aliphatic heterocycles. The lowest BCUT2D eigenvalue weighted by Crippen LogP contribution is -2.34. The Labute approximate surface area is 82.7 Å². The quantitative estimate of drug-likeness (QED) is 0.705. The van der Waals surface area contributed by atoms with Crippen molar-refractivity contribution in [2.45, 2.75) is 6.92 Å². The third-order valence-electron chi connectivity index (χ3n) is 1.89. The molecule has 0 atom stereocenters. The van der Waals surface area contributed by atoms with Crippen LogP contribution in [0.1, 0.15) is 6.92 Å². The number of amides is 1. The second-order valence-electron chi connectivity index (χ2n) is 2.89. The average Bonchev–Trinajstić information content (AvgIpc) is 2.15. The summed E-state index contributed by atoms with van der Waals surface area (Å²) in [6, 6.07) is 3.59. The maximum atomic E-state index is 10.8. The van der Waals surface area contributed by atoms with Crippen LogP contribution in [-0.2, 0) is 4.79 Å². The van der Waals surface area contributed by atoms with Gasteiger partial charge in [-0.1, -0.05) is 0 Å². The Morgan fingerprint density at radius 3 is 2.86 bits per heavy atom. The van der Waals surface area contributed by atoms with Gasteiger partial charge in [0.1, 0.15) is 5.82 Å². The molecule has 14 heavy (non-hydrogen) atoms. The molecule has 4 N–H and O–H groups in total. The van der Waals surface area contributed by atoms with Gasteiger partial charge in [-0.25, -0.2) is 4.98 Å². The number of likely N-dealkylation sites (N-methyl/N-ethyl adjacent to an activating group) is 1. The molecule has 0 aliphatic carbocycles. The van der Waals surface area contributed by atoms with Gasteiger partial charge in [-0.05, 0) is 19.1 Å². The second-order valence-corrected chi connectivity index (χ2v) is 2.89. The minimum atomic E-state index is -0.380. The molecule has 0 fully saturated rings. The molecule has 1 aromatic heterocycles. The van der Waals surface area contributed by atoms with Gasteiger partial charge in [0.05, 0.1) is 12.2 Å². The maximum Gasteiger partial charge on any atom is 0.236 e. The van der Waals surface area contributed by atoms with Gasteiger partial charge >= 0.3 is 0 Å². The fourth-order valence-corrected chi connectivity index (χ4v) is 1.23. The van der Waals surface area contributed by atoms with Crippen molar-refractivity contribution in [3.05, 3.63) is 18.3 Å². The minimum Gasteiger partial charge on any atom is -0.382 e. The van der Waals surface area contributed by atoms with Crippen molar-refractivity contribution in [2.75, 3.05) is 23.7 Å². The molecule has 0 aromatic carbocycles. The van der Waals surface area contributed by atoms with Crippen molar-refractivity contribution in [3.63, 3.8) is 0 Å². The minimum absolute atomic E-state index is 0.159. The van der Waals surface area contributed by atoms with E-state index in [2.05, 4.69) is 4.98 Å². The van der Waals surface area contributed by atoms with Crippen molar-refractivity contribution in [3.8, 4) is 0 Å². The van der Waals surface area contributed by atoms with Gasteiger partial charge in [-0.15, -0.1) is 0 Å². The number of hydrogen-bond acceptors (Lipinski definition) is 4. The summed E-state index contributed by atoms with van der Waals surface area (Å²) in [7, 11) is 0. The molecule has 1 aromatic rings. The summed E-state index contributed by atoms with van der Waals surface area (Å²) < 4.78 is 0. The Hall–Kier alpha value is -1.78. The zero-order valence-corrected chi connectivity index (χ0v) is 8.10. The molecular formula is C9H14N4O. The topological polar surface area (TPSA) is 85.2 Å². The van der Waals surface area contributed by atoms with E-state index in [4.69, 9.17) is 11.5 Å². The third kappa shape index (κ3) is 2.35. The number of rotatable bonds is 4. The van der Waals surface area contributed by atoms with Crippen LogP contribution in [0.4, 0.5) is 11.5 Å². The molecule has 0 saturated carbocycles. The highest BCUT2D eigenvalue weighted by molar-refractivity contribution is 5.80. The van der Waals surface area contributed by atoms with Crippen LogP contribution in [0.2, 0.25) is 0 Å². The Kier molecular flexibility index (Phi) is 3.28. The van der Waals surface area contributed by atoms with Crippen molar-refractivity contribution >= 4 is 17.4 Å². The first-order chi connectivity index (χ1) is 6.65. The molecule has 1 rings (SSSR count). The highest BCUT2D eigenvalue weighted by atomic mass is 16.1. The van der Waals surface area contributed by atoms with E-state index in [1.807, 2.05) is 13.0 Å². The summed E-state index contributed by atoms with van der Waals surface area (Å²) in [5, 5.41) is 0. The summed E-state index contributed by atoms with van der Waals surface area (Å²) in [6.45, 7) is 2.75. The smallest absolute Gasteiger partial charge is 0.236 e. The van der Waals surface area contributed by atoms with Crippen LogP contribution in [0.25, 0.3) is 0 Å². The first kappa shape index (κ1) is 10.3. The predicted molar refractivity (Wildman–Crippen MR) is 55.7 cm³/mol. The van der Waals surface area contributed by atoms with E-state index in [1.165, 1.54) is 0 Å². The van der Waals surface area contributed by atoms with Gasteiger partial charge in [0.2, 0.25) is 5.91 Å². The molecule has 0 aliphatic rings. The molecule has 0 unspecified atom stereocenters. The molecule has 1 heterocycles. The molecule has 0 bridgehead atoms. The number of nitrogens with two attached hydrogens (primary N) is 2. The van der Waals surface area contributed by atoms with Crippen LogP contribution in [0.3, 0.4) is 0 Å². The van der Waals surface area contributed by atoms with Crippen LogP contribution in [-0.4, -0.2) is 24.0 Å². The summed E-state index contributed by atoms with van der Waals surface area (Å²) in [5.41, 5.74) is 11.5. The molecular weight excluding hydrogens is 180 g/mol. The summed E-state index contributed by atoms with van der Waals surface area (Å²) in [5.74, 6) is 0.0331. The van der Waals surface area contributed by atoms with E-state index in [1.54, 1.807) is 17.2 Å². The average molecular weight is 194 g/mol. The van der Waals surface area contributed by atoms with Crippen LogP contribution < -0.4 is 16.4 Å². The first-order valence-electron chi connectivity index (χ1n) is 4.39. The molecule has 0 radical (unpaired) electrons. The van der Waals surface area contributed by atoms with E-state index < -0.39 is 0 Å². The number of aromatic nitrogens is 1. The molecule has 1 amide bonds. The number of carbonyl (C=O) groups is 1. The Balaban J connectivity index is 2.89. The van der Waals surface area contributed by atoms with E-state index in [0.717, 1.165) is 5.69 Å². The lowest BCUT2D eigenvalue weighted by atomic mass is 10.3. The maximum absolute atomic E-state index is 10.8. The zero-order valence-electron chi connectivity index (χ0n) is 8.10. The molecule has 76 valence electrons. The van der Waals surface area contributed by atoms with Gasteiger partial charge in [0.15, 0.2) is 0 Å². The highest BCUT2D eigenvalue weighted by Crippen LogP contribution is 2.18. The second kappa shape index (κ2) is 4.45. The predicted octanol–water partition coefficient (Wildman–Crippen LogP) is -0.0246. The van der Waals surface area contributed by atoms with Gasteiger partial charge in [0.25, 0.3) is 0 Å². The lowest BCUT2D eigenvalue weighted by molar-refractivity contribution is -0.116. The molecule has 5 nitrogen and oxygen atoms in total. The van der Waals surface area contributed by atoms with Gasteiger partial charge in [-0.3, -0.25) is 4.79 Å². The van der Waals surface area contributed by atoms with Crippen LogP contribution in [0, 0.1) is 0 Å². The number of hydrogen-bond donors (Lipinski definition) is 2. The Morgan fingerprint density at radius 2 is 2.36 bits per heavy atom. The standard InChI is InChI=1S/C9H14N4O/c1-2-13(6-8(10)14)7-4-3-5-12-9(7)11/h3-5H,2,6H2,1H3,(H2,10,14)(H2,11,12). The Bertz CT molecular complexity index is 326. The SMILES string of the molecule is CCN(CC(N)=O)c1cccnc1N.